The van der Waals surface area contributed by atoms with Gasteiger partial charge in [-0.15, -0.1) is 0 Å². The first-order valence-corrected chi connectivity index (χ1v) is 8.06. The maximum atomic E-state index is 6.30. The molecule has 0 atom stereocenters. The average Bonchev–Trinajstić information content (AvgIpc) is 3.03. The Labute approximate surface area is 148 Å². The highest BCUT2D eigenvalue weighted by Gasteiger charge is 2.24. The van der Waals surface area contributed by atoms with Gasteiger partial charge in [0.25, 0.3) is 0 Å². The van der Waals surface area contributed by atoms with E-state index in [1.807, 2.05) is 24.3 Å². The van der Waals surface area contributed by atoms with Crippen LogP contribution < -0.4 is 5.32 Å². The van der Waals surface area contributed by atoms with E-state index < -0.39 is 0 Å². The molecule has 0 amide bonds. The predicted octanol–water partition coefficient (Wildman–Crippen LogP) is 4.31. The molecule has 0 saturated heterocycles. The quantitative estimate of drug-likeness (QED) is 0.473. The highest BCUT2D eigenvalue weighted by molar-refractivity contribution is 6.33. The van der Waals surface area contributed by atoms with Gasteiger partial charge in [0.15, 0.2) is 0 Å². The fourth-order valence-corrected chi connectivity index (χ4v) is 3.20. The van der Waals surface area contributed by atoms with E-state index in [9.17, 15) is 0 Å². The van der Waals surface area contributed by atoms with Crippen molar-refractivity contribution in [1.29, 1.82) is 0 Å². The van der Waals surface area contributed by atoms with Gasteiger partial charge in [-0.25, -0.2) is 9.97 Å². The van der Waals surface area contributed by atoms with Crippen LogP contribution in [0.1, 0.15) is 0 Å². The van der Waals surface area contributed by atoms with E-state index in [4.69, 9.17) is 16.6 Å². The number of H-pyrrole nitrogens is 1. The number of nitrogens with zero attached hydrogens (tertiary/aromatic N) is 4. The summed E-state index contributed by atoms with van der Waals surface area (Å²) in [5.74, 6) is 1.44. The van der Waals surface area contributed by atoms with Crippen LogP contribution >= 0.6 is 11.6 Å². The van der Waals surface area contributed by atoms with Crippen molar-refractivity contribution in [3.05, 3.63) is 60.3 Å². The molecule has 0 aliphatic carbocycles. The van der Waals surface area contributed by atoms with E-state index in [0.717, 1.165) is 39.6 Å². The number of imidazole rings is 1. The Morgan fingerprint density at radius 1 is 0.880 bits per heavy atom. The van der Waals surface area contributed by atoms with Crippen molar-refractivity contribution in [2.45, 2.75) is 0 Å². The van der Waals surface area contributed by atoms with E-state index in [1.165, 1.54) is 0 Å². The molecule has 0 unspecified atom stereocenters. The Kier molecular flexibility index (Phi) is 3.05. The molecule has 120 valence electrons. The minimum atomic E-state index is 0.547. The summed E-state index contributed by atoms with van der Waals surface area (Å²) in [4.78, 5) is 20.9. The second-order valence-electron chi connectivity index (χ2n) is 5.61. The van der Waals surface area contributed by atoms with Crippen molar-refractivity contribution in [3.8, 4) is 33.9 Å². The summed E-state index contributed by atoms with van der Waals surface area (Å²) in [5.41, 5.74) is 5.30. The summed E-state index contributed by atoms with van der Waals surface area (Å²) in [6.45, 7) is 0. The second-order valence-corrected chi connectivity index (χ2v) is 6.02. The molecule has 2 N–H and O–H groups in total. The van der Waals surface area contributed by atoms with Crippen LogP contribution in [0.25, 0.3) is 33.9 Å². The van der Waals surface area contributed by atoms with Crippen LogP contribution in [0.3, 0.4) is 0 Å². The van der Waals surface area contributed by atoms with Crippen molar-refractivity contribution in [2.75, 3.05) is 5.32 Å². The van der Waals surface area contributed by atoms with E-state index in [-0.39, 0.29) is 0 Å². The zero-order valence-electron chi connectivity index (χ0n) is 12.9. The number of rotatable bonds is 1. The minimum absolute atomic E-state index is 0.547. The monoisotopic (exact) mass is 346 g/mol. The minimum Gasteiger partial charge on any atom is -0.338 e. The first kappa shape index (κ1) is 14.1. The molecule has 0 saturated carbocycles. The lowest BCUT2D eigenvalue weighted by Crippen LogP contribution is -1.95. The lowest BCUT2D eigenvalue weighted by atomic mass is 10.1. The van der Waals surface area contributed by atoms with Crippen LogP contribution in [-0.2, 0) is 0 Å². The normalized spacial score (nSPS) is 11.7. The molecule has 0 radical (unpaired) electrons. The van der Waals surface area contributed by atoms with Crippen molar-refractivity contribution in [1.82, 2.24) is 24.9 Å². The Balaban J connectivity index is 1.82. The van der Waals surface area contributed by atoms with Gasteiger partial charge >= 0.3 is 0 Å². The lowest BCUT2D eigenvalue weighted by molar-refractivity contribution is 1.25. The number of aromatic nitrogens is 5. The van der Waals surface area contributed by atoms with Crippen LogP contribution in [0.15, 0.2) is 55.2 Å². The first-order chi connectivity index (χ1) is 12.3. The van der Waals surface area contributed by atoms with Gasteiger partial charge in [-0.3, -0.25) is 9.97 Å². The summed E-state index contributed by atoms with van der Waals surface area (Å²) in [7, 11) is 0. The fraction of sp³-hybridized carbons (Fsp3) is 0. The Morgan fingerprint density at radius 2 is 1.72 bits per heavy atom. The van der Waals surface area contributed by atoms with E-state index in [2.05, 4.69) is 25.3 Å². The molecule has 0 aromatic carbocycles. The first-order valence-electron chi connectivity index (χ1n) is 7.68. The third kappa shape index (κ3) is 2.19. The van der Waals surface area contributed by atoms with Crippen LogP contribution in [0.4, 0.5) is 11.5 Å². The average molecular weight is 347 g/mol. The molecule has 5 heterocycles. The van der Waals surface area contributed by atoms with E-state index >= 15 is 0 Å². The van der Waals surface area contributed by atoms with Gasteiger partial charge in [-0.05, 0) is 24.3 Å². The molecule has 25 heavy (non-hydrogen) atoms. The van der Waals surface area contributed by atoms with Crippen LogP contribution in [0.5, 0.6) is 0 Å². The summed E-state index contributed by atoms with van der Waals surface area (Å²) < 4.78 is 0. The molecule has 6 nitrogen and oxygen atoms in total. The van der Waals surface area contributed by atoms with Gasteiger partial charge in [0.05, 0.1) is 22.6 Å². The third-order valence-corrected chi connectivity index (χ3v) is 4.44. The number of pyridine rings is 3. The van der Waals surface area contributed by atoms with Crippen molar-refractivity contribution < 1.29 is 0 Å². The van der Waals surface area contributed by atoms with Crippen molar-refractivity contribution in [2.24, 2.45) is 0 Å². The van der Waals surface area contributed by atoms with Crippen LogP contribution in [-0.4, -0.2) is 24.9 Å². The van der Waals surface area contributed by atoms with Gasteiger partial charge in [0.1, 0.15) is 17.3 Å². The smallest absolute Gasteiger partial charge is 0.140 e. The number of fused-ring (bicyclic) bond motifs is 5. The molecule has 4 aromatic rings. The molecular formula is C18H11ClN6. The van der Waals surface area contributed by atoms with Gasteiger partial charge in [-0.1, -0.05) is 11.6 Å². The Hall–Kier alpha value is -3.25. The summed E-state index contributed by atoms with van der Waals surface area (Å²) in [5, 5.41) is 3.88. The van der Waals surface area contributed by atoms with E-state index in [0.29, 0.717) is 10.8 Å². The molecule has 0 fully saturated rings. The number of halogens is 1. The number of hydrogen-bond acceptors (Lipinski definition) is 5. The summed E-state index contributed by atoms with van der Waals surface area (Å²) >= 11 is 6.30. The Morgan fingerprint density at radius 3 is 2.60 bits per heavy atom. The largest absolute Gasteiger partial charge is 0.338 e. The molecule has 7 heteroatoms. The van der Waals surface area contributed by atoms with Crippen LogP contribution in [0.2, 0.25) is 5.02 Å². The zero-order chi connectivity index (χ0) is 16.8. The molecule has 1 aliphatic heterocycles. The SMILES string of the molecule is Clc1cnccc1-c1nc2c([nH]1)-c1ccncc1Nc1ncccc1-2. The van der Waals surface area contributed by atoms with E-state index in [1.54, 1.807) is 31.0 Å². The van der Waals surface area contributed by atoms with Gasteiger partial charge in [0, 0.05) is 41.5 Å². The highest BCUT2D eigenvalue weighted by Crippen LogP contribution is 2.43. The zero-order valence-corrected chi connectivity index (χ0v) is 13.6. The molecule has 0 bridgehead atoms. The topological polar surface area (TPSA) is 79.4 Å². The predicted molar refractivity (Wildman–Crippen MR) is 96.6 cm³/mol. The lowest BCUT2D eigenvalue weighted by Gasteiger charge is -2.07. The molecular weight excluding hydrogens is 336 g/mol. The number of aromatic amines is 1. The number of hydrogen-bond donors (Lipinski definition) is 2. The van der Waals surface area contributed by atoms with Crippen LogP contribution in [0, 0.1) is 0 Å². The van der Waals surface area contributed by atoms with Crippen molar-refractivity contribution >= 4 is 23.1 Å². The highest BCUT2D eigenvalue weighted by atomic mass is 35.5. The van der Waals surface area contributed by atoms with Gasteiger partial charge < -0.3 is 10.3 Å². The summed E-state index contributed by atoms with van der Waals surface area (Å²) in [6, 6.07) is 7.68. The maximum absolute atomic E-state index is 6.30. The molecule has 5 rings (SSSR count). The van der Waals surface area contributed by atoms with Crippen molar-refractivity contribution in [3.63, 3.8) is 0 Å². The second kappa shape index (κ2) is 5.39. The molecule has 4 aromatic heterocycles. The maximum Gasteiger partial charge on any atom is 0.140 e. The molecule has 0 spiro atoms. The fourth-order valence-electron chi connectivity index (χ4n) is 2.99. The third-order valence-electron chi connectivity index (χ3n) is 4.14. The van der Waals surface area contributed by atoms with Gasteiger partial charge in [0.2, 0.25) is 0 Å². The number of anilines is 2. The number of nitrogens with one attached hydrogen (secondary N) is 2. The molecule has 1 aliphatic rings. The standard InChI is InChI=1S/C18H11ClN6/c19-13-8-20-6-3-10(13)18-24-15-11-4-7-21-9-14(11)23-17-12(16(15)25-18)2-1-5-22-17/h1-9H,(H,22,23)(H,24,25). The Bertz CT molecular complexity index is 1040. The summed E-state index contributed by atoms with van der Waals surface area (Å²) in [6.07, 6.45) is 8.60. The van der Waals surface area contributed by atoms with Gasteiger partial charge in [-0.2, -0.15) is 0 Å².